The molecule has 0 amide bonds. The second-order valence-electron chi connectivity index (χ2n) is 6.46. The molecule has 1 N–H and O–H groups in total. The van der Waals surface area contributed by atoms with Gasteiger partial charge in [0, 0.05) is 12.1 Å². The molecule has 4 rings (SSSR count). The average molecular weight is 303 g/mol. The fourth-order valence-electron chi connectivity index (χ4n) is 4.36. The number of allylic oxidation sites excluding steroid dienone is 2. The van der Waals surface area contributed by atoms with Gasteiger partial charge >= 0.3 is 0 Å². The van der Waals surface area contributed by atoms with Crippen molar-refractivity contribution in [2.24, 2.45) is 11.8 Å². The zero-order valence-corrected chi connectivity index (χ0v) is 12.9. The quantitative estimate of drug-likeness (QED) is 0.880. The topological polar surface area (TPSA) is 69.5 Å². The van der Waals surface area contributed by atoms with Gasteiger partial charge < -0.3 is 0 Å². The monoisotopic (exact) mass is 303 g/mol. The van der Waals surface area contributed by atoms with Gasteiger partial charge in [0.25, 0.3) is 0 Å². The van der Waals surface area contributed by atoms with Crippen LogP contribution in [0.1, 0.15) is 30.2 Å². The van der Waals surface area contributed by atoms with Crippen molar-refractivity contribution in [3.8, 4) is 6.07 Å². The van der Waals surface area contributed by atoms with E-state index in [0.717, 1.165) is 24.1 Å². The van der Waals surface area contributed by atoms with Gasteiger partial charge in [-0.2, -0.15) is 10.4 Å². The summed E-state index contributed by atoms with van der Waals surface area (Å²) in [5.41, 5.74) is 3.01. The highest BCUT2D eigenvalue weighted by molar-refractivity contribution is 6.02. The van der Waals surface area contributed by atoms with Gasteiger partial charge in [0.2, 0.25) is 0 Å². The standard InChI is InChI=1S/C19H17N3O/c1-12-16-8-7-13-11-21-22-18(13)19(16,9-14(10-20)17(12)23)15-5-3-2-4-6-15/h2-6,9,11-12,16H,7-8H2,1H3,(H,21,22)/t12?,16?,19-/m1/s1. The maximum atomic E-state index is 12.5. The molecule has 23 heavy (non-hydrogen) atoms. The van der Waals surface area contributed by atoms with Crippen molar-refractivity contribution < 1.29 is 4.79 Å². The molecule has 0 radical (unpaired) electrons. The van der Waals surface area contributed by atoms with Crippen molar-refractivity contribution in [3.05, 3.63) is 65.0 Å². The minimum atomic E-state index is -0.493. The van der Waals surface area contributed by atoms with E-state index < -0.39 is 5.41 Å². The molecule has 1 heterocycles. The van der Waals surface area contributed by atoms with E-state index in [0.29, 0.717) is 0 Å². The lowest BCUT2D eigenvalue weighted by atomic mass is 9.54. The summed E-state index contributed by atoms with van der Waals surface area (Å²) in [4.78, 5) is 12.5. The molecule has 1 aromatic heterocycles. The summed E-state index contributed by atoms with van der Waals surface area (Å²) >= 11 is 0. The fraction of sp³-hybridized carbons (Fsp3) is 0.316. The molecule has 4 heteroatoms. The third-order valence-corrected chi connectivity index (χ3v) is 5.45. The molecule has 0 saturated carbocycles. The summed E-state index contributed by atoms with van der Waals surface area (Å²) in [6.45, 7) is 1.95. The maximum Gasteiger partial charge on any atom is 0.176 e. The Hall–Kier alpha value is -2.67. The molecule has 2 aromatic rings. The fourth-order valence-corrected chi connectivity index (χ4v) is 4.36. The molecule has 3 atom stereocenters. The number of Topliss-reactive ketones (excluding diaryl/α,β-unsaturated/α-hetero) is 1. The van der Waals surface area contributed by atoms with Crippen LogP contribution in [0.2, 0.25) is 0 Å². The first kappa shape index (κ1) is 14.0. The Bertz CT molecular complexity index is 843. The molecule has 0 fully saturated rings. The van der Waals surface area contributed by atoms with Crippen LogP contribution in [0.5, 0.6) is 0 Å². The zero-order chi connectivity index (χ0) is 16.0. The number of nitrogens with zero attached hydrogens (tertiary/aromatic N) is 2. The lowest BCUT2D eigenvalue weighted by Gasteiger charge is -2.46. The summed E-state index contributed by atoms with van der Waals surface area (Å²) in [5, 5.41) is 17.0. The van der Waals surface area contributed by atoms with E-state index in [4.69, 9.17) is 0 Å². The Balaban J connectivity index is 2.08. The van der Waals surface area contributed by atoms with Crippen LogP contribution in [0.25, 0.3) is 0 Å². The molecular weight excluding hydrogens is 286 g/mol. The molecule has 2 aliphatic rings. The number of fused-ring (bicyclic) bond motifs is 3. The number of aryl methyl sites for hydroxylation is 1. The third-order valence-electron chi connectivity index (χ3n) is 5.45. The number of nitriles is 1. The van der Waals surface area contributed by atoms with Crippen LogP contribution in [-0.2, 0) is 16.6 Å². The molecule has 0 bridgehead atoms. The highest BCUT2D eigenvalue weighted by atomic mass is 16.1. The van der Waals surface area contributed by atoms with Crippen LogP contribution in [0.3, 0.4) is 0 Å². The minimum Gasteiger partial charge on any atom is -0.293 e. The van der Waals surface area contributed by atoms with Crippen molar-refractivity contribution in [2.75, 3.05) is 0 Å². The van der Waals surface area contributed by atoms with Gasteiger partial charge in [-0.25, -0.2) is 0 Å². The number of hydrogen-bond donors (Lipinski definition) is 1. The van der Waals surface area contributed by atoms with E-state index >= 15 is 0 Å². The van der Waals surface area contributed by atoms with Gasteiger partial charge in [-0.1, -0.05) is 37.3 Å². The lowest BCUT2D eigenvalue weighted by Crippen LogP contribution is -2.48. The first-order valence-electron chi connectivity index (χ1n) is 7.94. The van der Waals surface area contributed by atoms with Crippen LogP contribution in [0.4, 0.5) is 0 Å². The minimum absolute atomic E-state index is 0.0389. The number of carbonyl (C=O) groups excluding carboxylic acids is 1. The Labute approximate surface area is 134 Å². The lowest BCUT2D eigenvalue weighted by molar-refractivity contribution is -0.121. The van der Waals surface area contributed by atoms with Crippen LogP contribution in [0.15, 0.2) is 48.2 Å². The molecule has 4 nitrogen and oxygen atoms in total. The van der Waals surface area contributed by atoms with Gasteiger partial charge in [0.15, 0.2) is 5.78 Å². The number of rotatable bonds is 1. The number of nitrogens with one attached hydrogen (secondary N) is 1. The second-order valence-corrected chi connectivity index (χ2v) is 6.46. The van der Waals surface area contributed by atoms with Crippen molar-refractivity contribution in [1.82, 2.24) is 10.2 Å². The van der Waals surface area contributed by atoms with E-state index in [2.05, 4.69) is 28.4 Å². The summed E-state index contributed by atoms with van der Waals surface area (Å²) in [6.07, 6.45) is 5.65. The SMILES string of the molecule is CC1C(=O)C(C#N)=C[C@]2(c3ccccc3)c3n[nH]cc3CCC12. The van der Waals surface area contributed by atoms with Crippen LogP contribution >= 0.6 is 0 Å². The van der Waals surface area contributed by atoms with Crippen LogP contribution in [-0.4, -0.2) is 16.0 Å². The van der Waals surface area contributed by atoms with Gasteiger partial charge in [0.1, 0.15) is 6.07 Å². The molecular formula is C19H17N3O. The summed E-state index contributed by atoms with van der Waals surface area (Å²) in [6, 6.07) is 12.2. The predicted molar refractivity (Wildman–Crippen MR) is 85.5 cm³/mol. The molecule has 114 valence electrons. The molecule has 0 spiro atoms. The number of hydrogen-bond acceptors (Lipinski definition) is 3. The number of aromatic nitrogens is 2. The van der Waals surface area contributed by atoms with Gasteiger partial charge in [-0.15, -0.1) is 0 Å². The maximum absolute atomic E-state index is 12.5. The molecule has 0 saturated heterocycles. The van der Waals surface area contributed by atoms with Crippen LogP contribution < -0.4 is 0 Å². The smallest absolute Gasteiger partial charge is 0.176 e. The average Bonchev–Trinajstić information content (AvgIpc) is 3.08. The highest BCUT2D eigenvalue weighted by Crippen LogP contribution is 2.52. The first-order chi connectivity index (χ1) is 11.2. The van der Waals surface area contributed by atoms with E-state index in [1.165, 1.54) is 5.56 Å². The largest absolute Gasteiger partial charge is 0.293 e. The second kappa shape index (κ2) is 4.92. The summed E-state index contributed by atoms with van der Waals surface area (Å²) in [7, 11) is 0. The highest BCUT2D eigenvalue weighted by Gasteiger charge is 2.52. The number of ketones is 1. The summed E-state index contributed by atoms with van der Waals surface area (Å²) in [5.74, 6) is -0.0898. The third kappa shape index (κ3) is 1.77. The first-order valence-corrected chi connectivity index (χ1v) is 7.94. The van der Waals surface area contributed by atoms with E-state index in [1.807, 2.05) is 37.4 Å². The molecule has 2 aliphatic carbocycles. The number of H-pyrrole nitrogens is 1. The zero-order valence-electron chi connectivity index (χ0n) is 12.9. The van der Waals surface area contributed by atoms with Crippen molar-refractivity contribution in [2.45, 2.75) is 25.2 Å². The number of carbonyl (C=O) groups is 1. The Kier molecular flexibility index (Phi) is 2.99. The van der Waals surface area contributed by atoms with E-state index in [9.17, 15) is 10.1 Å². The molecule has 2 unspecified atom stereocenters. The Morgan fingerprint density at radius 1 is 1.35 bits per heavy atom. The van der Waals surface area contributed by atoms with Gasteiger partial charge in [-0.05, 0) is 36.0 Å². The van der Waals surface area contributed by atoms with Crippen LogP contribution in [0, 0.1) is 23.2 Å². The molecule has 0 aliphatic heterocycles. The molecule has 1 aromatic carbocycles. The van der Waals surface area contributed by atoms with Gasteiger partial charge in [-0.3, -0.25) is 9.89 Å². The number of aromatic amines is 1. The van der Waals surface area contributed by atoms with Crippen molar-refractivity contribution in [3.63, 3.8) is 0 Å². The summed E-state index contributed by atoms with van der Waals surface area (Å²) < 4.78 is 0. The van der Waals surface area contributed by atoms with E-state index in [1.54, 1.807) is 0 Å². The normalized spacial score (nSPS) is 29.2. The number of benzene rings is 1. The van der Waals surface area contributed by atoms with Crippen molar-refractivity contribution in [1.29, 1.82) is 5.26 Å². The van der Waals surface area contributed by atoms with Gasteiger partial charge in [0.05, 0.1) is 16.7 Å². The van der Waals surface area contributed by atoms with E-state index in [-0.39, 0.29) is 23.2 Å². The Morgan fingerprint density at radius 2 is 2.13 bits per heavy atom. The predicted octanol–water partition coefficient (Wildman–Crippen LogP) is 2.93. The Morgan fingerprint density at radius 3 is 2.87 bits per heavy atom. The van der Waals surface area contributed by atoms with Crippen molar-refractivity contribution >= 4 is 5.78 Å².